The van der Waals surface area contributed by atoms with Crippen molar-refractivity contribution in [3.63, 3.8) is 0 Å². The number of carbonyl (C=O) groups excluding carboxylic acids is 2. The van der Waals surface area contributed by atoms with Crippen molar-refractivity contribution in [3.8, 4) is 0 Å². The van der Waals surface area contributed by atoms with E-state index < -0.39 is 11.9 Å². The number of benzene rings is 3. The first-order chi connectivity index (χ1) is 12.5. The van der Waals surface area contributed by atoms with E-state index in [0.29, 0.717) is 6.42 Å². The Balaban J connectivity index is 1.69. The SMILES string of the molecule is NC(=O)[C@@H](Cc1ccccc1Br)NC(=O)Cc1ccc2ccccc2c1. The zero-order valence-electron chi connectivity index (χ0n) is 14.1. The minimum atomic E-state index is -0.748. The van der Waals surface area contributed by atoms with Crippen LogP contribution in [-0.4, -0.2) is 17.9 Å². The number of primary amides is 1. The Hall–Kier alpha value is -2.66. The third kappa shape index (κ3) is 4.49. The van der Waals surface area contributed by atoms with Gasteiger partial charge >= 0.3 is 0 Å². The van der Waals surface area contributed by atoms with Crippen molar-refractivity contribution in [2.75, 3.05) is 0 Å². The van der Waals surface area contributed by atoms with Gasteiger partial charge in [-0.2, -0.15) is 0 Å². The van der Waals surface area contributed by atoms with Gasteiger partial charge in [-0.3, -0.25) is 9.59 Å². The third-order valence-corrected chi connectivity index (χ3v) is 5.01. The molecule has 0 fully saturated rings. The van der Waals surface area contributed by atoms with E-state index in [-0.39, 0.29) is 12.3 Å². The summed E-state index contributed by atoms with van der Waals surface area (Å²) in [5.74, 6) is -0.774. The second kappa shape index (κ2) is 8.15. The van der Waals surface area contributed by atoms with Crippen LogP contribution in [0.1, 0.15) is 11.1 Å². The van der Waals surface area contributed by atoms with Crippen LogP contribution in [0, 0.1) is 0 Å². The van der Waals surface area contributed by atoms with Gasteiger partial charge < -0.3 is 11.1 Å². The maximum atomic E-state index is 12.4. The van der Waals surface area contributed by atoms with Crippen molar-refractivity contribution in [2.24, 2.45) is 5.73 Å². The van der Waals surface area contributed by atoms with Crippen LogP contribution in [0.15, 0.2) is 71.2 Å². The summed E-state index contributed by atoms with van der Waals surface area (Å²) < 4.78 is 0.884. The van der Waals surface area contributed by atoms with Crippen LogP contribution in [0.2, 0.25) is 0 Å². The molecule has 0 spiro atoms. The van der Waals surface area contributed by atoms with E-state index in [9.17, 15) is 9.59 Å². The number of halogens is 1. The van der Waals surface area contributed by atoms with E-state index in [1.807, 2.05) is 66.7 Å². The van der Waals surface area contributed by atoms with E-state index in [0.717, 1.165) is 26.4 Å². The van der Waals surface area contributed by atoms with Crippen LogP contribution in [-0.2, 0) is 22.4 Å². The Bertz CT molecular complexity index is 955. The summed E-state index contributed by atoms with van der Waals surface area (Å²) in [6.07, 6.45) is 0.546. The summed E-state index contributed by atoms with van der Waals surface area (Å²) in [7, 11) is 0. The number of rotatable bonds is 6. The molecule has 3 rings (SSSR count). The molecule has 0 heterocycles. The van der Waals surface area contributed by atoms with E-state index in [4.69, 9.17) is 5.73 Å². The number of fused-ring (bicyclic) bond motifs is 1. The molecule has 0 unspecified atom stereocenters. The Morgan fingerprint density at radius 3 is 2.38 bits per heavy atom. The second-order valence-corrected chi connectivity index (χ2v) is 7.03. The van der Waals surface area contributed by atoms with Gasteiger partial charge in [0.05, 0.1) is 6.42 Å². The van der Waals surface area contributed by atoms with Crippen molar-refractivity contribution >= 4 is 38.5 Å². The molecule has 0 bridgehead atoms. The Morgan fingerprint density at radius 1 is 0.962 bits per heavy atom. The first-order valence-corrected chi connectivity index (χ1v) is 9.12. The Labute approximate surface area is 160 Å². The van der Waals surface area contributed by atoms with Gasteiger partial charge in [-0.05, 0) is 28.0 Å². The number of hydrogen-bond donors (Lipinski definition) is 2. The molecule has 1 atom stereocenters. The fraction of sp³-hybridized carbons (Fsp3) is 0.143. The highest BCUT2D eigenvalue weighted by atomic mass is 79.9. The number of amides is 2. The molecule has 0 saturated heterocycles. The maximum Gasteiger partial charge on any atom is 0.240 e. The lowest BCUT2D eigenvalue weighted by Gasteiger charge is -2.16. The zero-order chi connectivity index (χ0) is 18.5. The first-order valence-electron chi connectivity index (χ1n) is 8.32. The largest absolute Gasteiger partial charge is 0.368 e. The maximum absolute atomic E-state index is 12.4. The highest BCUT2D eigenvalue weighted by Gasteiger charge is 2.19. The normalized spacial score (nSPS) is 11.9. The standard InChI is InChI=1S/C21H19BrN2O2/c22-18-8-4-3-7-17(18)13-19(21(23)26)24-20(25)12-14-9-10-15-5-1-2-6-16(15)11-14/h1-11,19H,12-13H2,(H2,23,26)(H,24,25)/t19-/m1/s1. The molecule has 3 aromatic rings. The van der Waals surface area contributed by atoms with Crippen LogP contribution in [0.4, 0.5) is 0 Å². The van der Waals surface area contributed by atoms with E-state index >= 15 is 0 Å². The van der Waals surface area contributed by atoms with Crippen molar-refractivity contribution in [1.82, 2.24) is 5.32 Å². The Morgan fingerprint density at radius 2 is 1.65 bits per heavy atom. The molecule has 2 amide bonds. The number of hydrogen-bond acceptors (Lipinski definition) is 2. The summed E-state index contributed by atoms with van der Waals surface area (Å²) in [6, 6.07) is 20.7. The number of carbonyl (C=O) groups is 2. The topological polar surface area (TPSA) is 72.2 Å². The smallest absolute Gasteiger partial charge is 0.240 e. The van der Waals surface area contributed by atoms with Crippen molar-refractivity contribution in [2.45, 2.75) is 18.9 Å². The number of nitrogens with one attached hydrogen (secondary N) is 1. The molecule has 3 aromatic carbocycles. The molecule has 0 radical (unpaired) electrons. The van der Waals surface area contributed by atoms with Crippen LogP contribution < -0.4 is 11.1 Å². The Kier molecular flexibility index (Phi) is 5.68. The molecule has 132 valence electrons. The second-order valence-electron chi connectivity index (χ2n) is 6.18. The van der Waals surface area contributed by atoms with E-state index in [1.165, 1.54) is 0 Å². The van der Waals surface area contributed by atoms with Gasteiger partial charge in [0, 0.05) is 10.9 Å². The van der Waals surface area contributed by atoms with Gasteiger partial charge in [-0.25, -0.2) is 0 Å². The van der Waals surface area contributed by atoms with Gasteiger partial charge in [0.25, 0.3) is 0 Å². The molecular formula is C21H19BrN2O2. The molecule has 4 nitrogen and oxygen atoms in total. The van der Waals surface area contributed by atoms with Gasteiger partial charge in [-0.15, -0.1) is 0 Å². The van der Waals surface area contributed by atoms with Crippen LogP contribution >= 0.6 is 15.9 Å². The highest BCUT2D eigenvalue weighted by Crippen LogP contribution is 2.18. The molecule has 0 saturated carbocycles. The first kappa shape index (κ1) is 18.1. The zero-order valence-corrected chi connectivity index (χ0v) is 15.7. The van der Waals surface area contributed by atoms with Crippen molar-refractivity contribution in [3.05, 3.63) is 82.3 Å². The monoisotopic (exact) mass is 410 g/mol. The molecule has 0 aromatic heterocycles. The van der Waals surface area contributed by atoms with Gasteiger partial charge in [-0.1, -0.05) is 76.6 Å². The lowest BCUT2D eigenvalue weighted by Crippen LogP contribution is -2.46. The van der Waals surface area contributed by atoms with Crippen molar-refractivity contribution in [1.29, 1.82) is 0 Å². The summed E-state index contributed by atoms with van der Waals surface area (Å²) in [5, 5.41) is 4.96. The molecule has 3 N–H and O–H groups in total. The summed E-state index contributed by atoms with van der Waals surface area (Å²) in [5.41, 5.74) is 7.29. The minimum absolute atomic E-state index is 0.199. The van der Waals surface area contributed by atoms with Crippen LogP contribution in [0.5, 0.6) is 0 Å². The lowest BCUT2D eigenvalue weighted by atomic mass is 10.0. The lowest BCUT2D eigenvalue weighted by molar-refractivity contribution is -0.127. The van der Waals surface area contributed by atoms with Crippen LogP contribution in [0.25, 0.3) is 10.8 Å². The van der Waals surface area contributed by atoms with Gasteiger partial charge in [0.15, 0.2) is 0 Å². The van der Waals surface area contributed by atoms with E-state index in [2.05, 4.69) is 21.2 Å². The quantitative estimate of drug-likeness (QED) is 0.653. The molecule has 0 aliphatic rings. The summed E-state index contributed by atoms with van der Waals surface area (Å²) in [6.45, 7) is 0. The summed E-state index contributed by atoms with van der Waals surface area (Å²) in [4.78, 5) is 24.2. The van der Waals surface area contributed by atoms with Crippen molar-refractivity contribution < 1.29 is 9.59 Å². The van der Waals surface area contributed by atoms with Crippen LogP contribution in [0.3, 0.4) is 0 Å². The number of nitrogens with two attached hydrogens (primary N) is 1. The van der Waals surface area contributed by atoms with E-state index in [1.54, 1.807) is 0 Å². The molecule has 5 heteroatoms. The average Bonchev–Trinajstić information content (AvgIpc) is 2.62. The third-order valence-electron chi connectivity index (χ3n) is 4.24. The molecule has 0 aliphatic carbocycles. The molecular weight excluding hydrogens is 392 g/mol. The summed E-state index contributed by atoms with van der Waals surface area (Å²) >= 11 is 3.45. The minimum Gasteiger partial charge on any atom is -0.368 e. The molecule has 26 heavy (non-hydrogen) atoms. The fourth-order valence-corrected chi connectivity index (χ4v) is 3.33. The van der Waals surface area contributed by atoms with Gasteiger partial charge in [0.2, 0.25) is 11.8 Å². The predicted molar refractivity (Wildman–Crippen MR) is 107 cm³/mol. The predicted octanol–water partition coefficient (Wildman–Crippen LogP) is 3.36. The highest BCUT2D eigenvalue weighted by molar-refractivity contribution is 9.10. The average molecular weight is 411 g/mol. The fourth-order valence-electron chi connectivity index (χ4n) is 2.89. The van der Waals surface area contributed by atoms with Gasteiger partial charge in [0.1, 0.15) is 6.04 Å². The molecule has 0 aliphatic heterocycles.